The lowest BCUT2D eigenvalue weighted by molar-refractivity contribution is -0.123. The third-order valence-corrected chi connectivity index (χ3v) is 4.35. The summed E-state index contributed by atoms with van der Waals surface area (Å²) in [5.41, 5.74) is 0.840. The number of carbonyl (C=O) groups excluding carboxylic acids is 1. The molecule has 98 valence electrons. The van der Waals surface area contributed by atoms with Crippen LogP contribution in [-0.2, 0) is 10.2 Å². The minimum atomic E-state index is -0.283. The standard InChI is InChI=1S/C15H20ClNO/c1-11(2)13(16)10-17-14(18)15(8-9-15)12-6-4-3-5-7-12/h3-7,11,13H,8-10H2,1-2H3,(H,17,18). The topological polar surface area (TPSA) is 29.1 Å². The Morgan fingerprint density at radius 1 is 1.33 bits per heavy atom. The van der Waals surface area contributed by atoms with Gasteiger partial charge in [0.1, 0.15) is 0 Å². The molecule has 3 heteroatoms. The smallest absolute Gasteiger partial charge is 0.230 e. The molecule has 1 aliphatic rings. The summed E-state index contributed by atoms with van der Waals surface area (Å²) in [5, 5.41) is 2.99. The molecule has 1 N–H and O–H groups in total. The Hall–Kier alpha value is -1.02. The molecule has 0 bridgehead atoms. The first kappa shape index (κ1) is 13.4. The summed E-state index contributed by atoms with van der Waals surface area (Å²) in [4.78, 5) is 12.3. The molecule has 1 atom stereocenters. The second-order valence-corrected chi connectivity index (χ2v) is 5.98. The van der Waals surface area contributed by atoms with Crippen LogP contribution in [0.3, 0.4) is 0 Å². The van der Waals surface area contributed by atoms with E-state index in [1.54, 1.807) is 0 Å². The van der Waals surface area contributed by atoms with E-state index in [4.69, 9.17) is 11.6 Å². The highest BCUT2D eigenvalue weighted by Gasteiger charge is 2.51. The van der Waals surface area contributed by atoms with Crippen molar-refractivity contribution in [3.8, 4) is 0 Å². The van der Waals surface area contributed by atoms with Gasteiger partial charge in [0, 0.05) is 6.54 Å². The molecule has 0 saturated heterocycles. The Kier molecular flexibility index (Phi) is 3.96. The Bertz CT molecular complexity index is 412. The van der Waals surface area contributed by atoms with Crippen LogP contribution in [0.2, 0.25) is 0 Å². The number of amides is 1. The SMILES string of the molecule is CC(C)C(Cl)CNC(=O)C1(c2ccccc2)CC1. The van der Waals surface area contributed by atoms with E-state index in [2.05, 4.69) is 19.2 Å². The van der Waals surface area contributed by atoms with E-state index < -0.39 is 0 Å². The zero-order valence-electron chi connectivity index (χ0n) is 10.9. The van der Waals surface area contributed by atoms with Gasteiger partial charge in [0.25, 0.3) is 0 Å². The van der Waals surface area contributed by atoms with Gasteiger partial charge in [-0.2, -0.15) is 0 Å². The van der Waals surface area contributed by atoms with Gasteiger partial charge in [-0.25, -0.2) is 0 Å². The fraction of sp³-hybridized carbons (Fsp3) is 0.533. The molecule has 1 unspecified atom stereocenters. The highest BCUT2D eigenvalue weighted by molar-refractivity contribution is 6.21. The molecule has 1 saturated carbocycles. The minimum Gasteiger partial charge on any atom is -0.354 e. The summed E-state index contributed by atoms with van der Waals surface area (Å²) < 4.78 is 0. The van der Waals surface area contributed by atoms with Gasteiger partial charge in [-0.3, -0.25) is 4.79 Å². The van der Waals surface area contributed by atoms with Crippen molar-refractivity contribution in [2.45, 2.75) is 37.5 Å². The molecule has 1 aromatic carbocycles. The van der Waals surface area contributed by atoms with E-state index in [0.717, 1.165) is 18.4 Å². The molecule has 1 fully saturated rings. The monoisotopic (exact) mass is 265 g/mol. The van der Waals surface area contributed by atoms with E-state index in [0.29, 0.717) is 12.5 Å². The van der Waals surface area contributed by atoms with Crippen LogP contribution in [0.25, 0.3) is 0 Å². The van der Waals surface area contributed by atoms with Crippen molar-refractivity contribution in [1.29, 1.82) is 0 Å². The van der Waals surface area contributed by atoms with Gasteiger partial charge < -0.3 is 5.32 Å². The zero-order chi connectivity index (χ0) is 13.2. The molecular formula is C15H20ClNO. The lowest BCUT2D eigenvalue weighted by atomic mass is 9.95. The van der Waals surface area contributed by atoms with E-state index >= 15 is 0 Å². The summed E-state index contributed by atoms with van der Waals surface area (Å²) in [5.74, 6) is 0.499. The van der Waals surface area contributed by atoms with Crippen molar-refractivity contribution in [3.05, 3.63) is 35.9 Å². The van der Waals surface area contributed by atoms with Crippen LogP contribution in [0, 0.1) is 5.92 Å². The first-order valence-electron chi connectivity index (χ1n) is 6.54. The van der Waals surface area contributed by atoms with Gasteiger partial charge in [0.2, 0.25) is 5.91 Å². The molecule has 0 spiro atoms. The van der Waals surface area contributed by atoms with Crippen LogP contribution >= 0.6 is 11.6 Å². The van der Waals surface area contributed by atoms with Crippen molar-refractivity contribution < 1.29 is 4.79 Å². The molecule has 0 radical (unpaired) electrons. The number of alkyl halides is 1. The molecule has 1 aromatic rings. The maximum atomic E-state index is 12.3. The summed E-state index contributed by atoms with van der Waals surface area (Å²) in [6.07, 6.45) is 1.88. The molecule has 2 nitrogen and oxygen atoms in total. The second kappa shape index (κ2) is 5.31. The predicted molar refractivity (Wildman–Crippen MR) is 74.8 cm³/mol. The molecule has 0 aromatic heterocycles. The molecular weight excluding hydrogens is 246 g/mol. The van der Waals surface area contributed by atoms with Gasteiger partial charge in [-0.05, 0) is 24.3 Å². The highest BCUT2D eigenvalue weighted by atomic mass is 35.5. The predicted octanol–water partition coefficient (Wildman–Crippen LogP) is 3.10. The third-order valence-electron chi connectivity index (χ3n) is 3.69. The van der Waals surface area contributed by atoms with Crippen molar-refractivity contribution in [1.82, 2.24) is 5.32 Å². The summed E-state index contributed by atoms with van der Waals surface area (Å²) >= 11 is 6.16. The summed E-state index contributed by atoms with van der Waals surface area (Å²) in [6.45, 7) is 4.68. The van der Waals surface area contributed by atoms with Crippen LogP contribution in [0.1, 0.15) is 32.3 Å². The number of hydrogen-bond donors (Lipinski definition) is 1. The molecule has 1 aliphatic carbocycles. The van der Waals surface area contributed by atoms with Gasteiger partial charge >= 0.3 is 0 Å². The summed E-state index contributed by atoms with van der Waals surface area (Å²) in [6, 6.07) is 10.0. The van der Waals surface area contributed by atoms with Crippen molar-refractivity contribution in [2.24, 2.45) is 5.92 Å². The molecule has 0 aliphatic heterocycles. The number of nitrogens with one attached hydrogen (secondary N) is 1. The maximum absolute atomic E-state index is 12.3. The quantitative estimate of drug-likeness (QED) is 0.815. The fourth-order valence-electron chi connectivity index (χ4n) is 2.12. The van der Waals surface area contributed by atoms with Crippen molar-refractivity contribution >= 4 is 17.5 Å². The van der Waals surface area contributed by atoms with Crippen LogP contribution in [-0.4, -0.2) is 17.8 Å². The van der Waals surface area contributed by atoms with Crippen LogP contribution < -0.4 is 5.32 Å². The number of carbonyl (C=O) groups is 1. The maximum Gasteiger partial charge on any atom is 0.230 e. The zero-order valence-corrected chi connectivity index (χ0v) is 11.7. The minimum absolute atomic E-state index is 0.000485. The lowest BCUT2D eigenvalue weighted by Crippen LogP contribution is -2.39. The van der Waals surface area contributed by atoms with E-state index in [1.807, 2.05) is 30.3 Å². The number of halogens is 1. The van der Waals surface area contributed by atoms with Crippen LogP contribution in [0.5, 0.6) is 0 Å². The fourth-order valence-corrected chi connectivity index (χ4v) is 2.20. The normalized spacial score (nSPS) is 18.4. The second-order valence-electron chi connectivity index (χ2n) is 5.42. The number of hydrogen-bond acceptors (Lipinski definition) is 1. The Morgan fingerprint density at radius 2 is 1.94 bits per heavy atom. The first-order valence-corrected chi connectivity index (χ1v) is 6.98. The Morgan fingerprint density at radius 3 is 2.44 bits per heavy atom. The van der Waals surface area contributed by atoms with Gasteiger partial charge in [0.15, 0.2) is 0 Å². The Labute approximate surface area is 114 Å². The molecule has 18 heavy (non-hydrogen) atoms. The third kappa shape index (κ3) is 2.69. The largest absolute Gasteiger partial charge is 0.354 e. The van der Waals surface area contributed by atoms with E-state index in [-0.39, 0.29) is 16.7 Å². The average molecular weight is 266 g/mol. The average Bonchev–Trinajstić information content (AvgIpc) is 3.18. The summed E-state index contributed by atoms with van der Waals surface area (Å²) in [7, 11) is 0. The van der Waals surface area contributed by atoms with E-state index in [1.165, 1.54) is 0 Å². The highest BCUT2D eigenvalue weighted by Crippen LogP contribution is 2.48. The number of rotatable bonds is 5. The van der Waals surface area contributed by atoms with Gasteiger partial charge in [0.05, 0.1) is 10.8 Å². The Balaban J connectivity index is 1.98. The van der Waals surface area contributed by atoms with Gasteiger partial charge in [-0.15, -0.1) is 11.6 Å². The first-order chi connectivity index (χ1) is 8.56. The van der Waals surface area contributed by atoms with E-state index in [9.17, 15) is 4.79 Å². The lowest BCUT2D eigenvalue weighted by Gasteiger charge is -2.19. The van der Waals surface area contributed by atoms with Crippen LogP contribution in [0.15, 0.2) is 30.3 Å². The number of benzene rings is 1. The molecule has 1 amide bonds. The molecule has 0 heterocycles. The van der Waals surface area contributed by atoms with Gasteiger partial charge in [-0.1, -0.05) is 44.2 Å². The van der Waals surface area contributed by atoms with Crippen LogP contribution in [0.4, 0.5) is 0 Å². The van der Waals surface area contributed by atoms with Crippen molar-refractivity contribution in [2.75, 3.05) is 6.54 Å². The molecule has 2 rings (SSSR count). The van der Waals surface area contributed by atoms with Crippen molar-refractivity contribution in [3.63, 3.8) is 0 Å².